The smallest absolute Gasteiger partial charge is 0.305 e. The van der Waals surface area contributed by atoms with Gasteiger partial charge in [0.1, 0.15) is 5.78 Å². The monoisotopic (exact) mass is 977 g/mol. The van der Waals surface area contributed by atoms with Crippen molar-refractivity contribution < 1.29 is 23.9 Å². The lowest BCUT2D eigenvalue weighted by atomic mass is 10.0. The van der Waals surface area contributed by atoms with E-state index in [4.69, 9.17) is 9.47 Å². The fraction of sp³-hybridized carbons (Fsp3) is 0.952. The number of hydrogen-bond donors (Lipinski definition) is 1. The molecule has 0 rings (SSSR count). The summed E-state index contributed by atoms with van der Waals surface area (Å²) in [6, 6.07) is 0.590. The molecule has 1 N–H and O–H groups in total. The second-order valence-electron chi connectivity index (χ2n) is 21.4. The highest BCUT2D eigenvalue weighted by molar-refractivity contribution is 5.78. The number of ether oxygens (including phenoxy) is 2. The van der Waals surface area contributed by atoms with E-state index >= 15 is 0 Å². The van der Waals surface area contributed by atoms with Gasteiger partial charge in [-0.05, 0) is 65.5 Å². The van der Waals surface area contributed by atoms with Crippen molar-refractivity contribution in [2.24, 2.45) is 0 Å². The molecule has 1 unspecified atom stereocenters. The van der Waals surface area contributed by atoms with Crippen molar-refractivity contribution in [3.05, 3.63) is 0 Å². The molecule has 0 heterocycles. The van der Waals surface area contributed by atoms with Crippen LogP contribution in [0.15, 0.2) is 0 Å². The molecule has 0 bridgehead atoms. The number of hydrogen-bond acceptors (Lipinski definition) is 7. The summed E-state index contributed by atoms with van der Waals surface area (Å²) in [6.45, 7) is 12.4. The minimum Gasteiger partial charge on any atom is -0.466 e. The lowest BCUT2D eigenvalue weighted by Crippen LogP contribution is -2.34. The molecular weight excluding hydrogens is 853 g/mol. The van der Waals surface area contributed by atoms with Gasteiger partial charge in [0.05, 0.1) is 13.2 Å². The second kappa shape index (κ2) is 60.8. The molecule has 0 aliphatic carbocycles. The highest BCUT2D eigenvalue weighted by Gasteiger charge is 2.10. The zero-order chi connectivity index (χ0) is 50.8. The molecule has 0 aliphatic rings. The standard InChI is InChI=1S/C33H68N2O2.C29H56O3/c1-5-7-9-11-13-15-16-17-19-21-25-31-37-33(36)28-24-23-27-32(34-29-30-35(3)4)26-22-20-18-14-12-10-8-6-2;1-3-5-7-9-11-13-14-15-17-19-23-27-32-29(31)26-22-21-25-28(30)24-20-18-16-12-10-8-6-4-2/h32,34H,5-31H2,1-4H3;3-27H2,1-2H3. The highest BCUT2D eigenvalue weighted by Crippen LogP contribution is 2.17. The molecular formula is C62H124N2O5. The van der Waals surface area contributed by atoms with Crippen LogP contribution in [0, 0.1) is 0 Å². The van der Waals surface area contributed by atoms with Crippen molar-refractivity contribution in [1.82, 2.24) is 10.2 Å². The fourth-order valence-corrected chi connectivity index (χ4v) is 9.25. The Hall–Kier alpha value is -1.47. The molecule has 7 heteroatoms. The van der Waals surface area contributed by atoms with E-state index < -0.39 is 0 Å². The fourth-order valence-electron chi connectivity index (χ4n) is 9.25. The van der Waals surface area contributed by atoms with Crippen LogP contribution >= 0.6 is 0 Å². The molecule has 1 atom stereocenters. The lowest BCUT2D eigenvalue weighted by Gasteiger charge is -2.20. The molecule has 0 saturated carbocycles. The average molecular weight is 978 g/mol. The zero-order valence-electron chi connectivity index (χ0n) is 47.8. The summed E-state index contributed by atoms with van der Waals surface area (Å²) in [7, 11) is 4.27. The summed E-state index contributed by atoms with van der Waals surface area (Å²) in [5.41, 5.74) is 0. The summed E-state index contributed by atoms with van der Waals surface area (Å²) in [4.78, 5) is 38.1. The van der Waals surface area contributed by atoms with Crippen LogP contribution in [0.4, 0.5) is 0 Å². The molecule has 0 amide bonds. The van der Waals surface area contributed by atoms with Crippen LogP contribution in [0.1, 0.15) is 336 Å². The van der Waals surface area contributed by atoms with Gasteiger partial charge in [-0.3, -0.25) is 14.4 Å². The minimum atomic E-state index is -0.0902. The van der Waals surface area contributed by atoms with E-state index in [1.165, 1.54) is 231 Å². The SMILES string of the molecule is CCCCCCCCCCCCCOC(=O)CCCCC(=O)CCCCCCCCCC.CCCCCCCCCCCCCOC(=O)CCCCC(CCCCCCCCCC)NCCN(C)C. The third-order valence-corrected chi connectivity index (χ3v) is 14.0. The van der Waals surface area contributed by atoms with Crippen LogP contribution in [-0.4, -0.2) is 69.1 Å². The third-order valence-electron chi connectivity index (χ3n) is 14.0. The Morgan fingerprint density at radius 3 is 0.957 bits per heavy atom. The number of carbonyl (C=O) groups is 3. The zero-order valence-corrected chi connectivity index (χ0v) is 47.8. The number of ketones is 1. The van der Waals surface area contributed by atoms with Crippen molar-refractivity contribution in [3.63, 3.8) is 0 Å². The number of likely N-dealkylation sites (N-methyl/N-ethyl adjacent to an activating group) is 1. The van der Waals surface area contributed by atoms with Crippen LogP contribution < -0.4 is 5.32 Å². The van der Waals surface area contributed by atoms with Gasteiger partial charge < -0.3 is 19.7 Å². The molecule has 69 heavy (non-hydrogen) atoms. The van der Waals surface area contributed by atoms with E-state index in [-0.39, 0.29) is 11.9 Å². The van der Waals surface area contributed by atoms with Gasteiger partial charge in [-0.25, -0.2) is 0 Å². The van der Waals surface area contributed by atoms with Gasteiger partial charge >= 0.3 is 11.9 Å². The predicted octanol–water partition coefficient (Wildman–Crippen LogP) is 19.0. The topological polar surface area (TPSA) is 84.9 Å². The largest absolute Gasteiger partial charge is 0.466 e. The van der Waals surface area contributed by atoms with E-state index in [0.717, 1.165) is 70.9 Å². The Bertz CT molecular complexity index is 1020. The molecule has 0 aromatic rings. The van der Waals surface area contributed by atoms with Gasteiger partial charge in [0.25, 0.3) is 0 Å². The Labute approximate surface area is 432 Å². The molecule has 412 valence electrons. The maximum atomic E-state index is 12.1. The molecule has 0 radical (unpaired) electrons. The van der Waals surface area contributed by atoms with Crippen molar-refractivity contribution in [3.8, 4) is 0 Å². The number of nitrogens with one attached hydrogen (secondary N) is 1. The number of carbonyl (C=O) groups excluding carboxylic acids is 3. The highest BCUT2D eigenvalue weighted by atomic mass is 16.5. The van der Waals surface area contributed by atoms with Crippen molar-refractivity contribution >= 4 is 17.7 Å². The summed E-state index contributed by atoms with van der Waals surface area (Å²) >= 11 is 0. The molecule has 0 aromatic carbocycles. The Morgan fingerprint density at radius 1 is 0.348 bits per heavy atom. The molecule has 0 fully saturated rings. The maximum Gasteiger partial charge on any atom is 0.305 e. The van der Waals surface area contributed by atoms with Gasteiger partial charge in [-0.2, -0.15) is 0 Å². The average Bonchev–Trinajstić information content (AvgIpc) is 3.34. The van der Waals surface area contributed by atoms with Crippen LogP contribution in [-0.2, 0) is 23.9 Å². The van der Waals surface area contributed by atoms with Crippen molar-refractivity contribution in [2.45, 2.75) is 342 Å². The van der Waals surface area contributed by atoms with E-state index in [9.17, 15) is 14.4 Å². The molecule has 0 saturated heterocycles. The Kier molecular flexibility index (Phi) is 61.4. The first-order valence-corrected chi connectivity index (χ1v) is 31.0. The van der Waals surface area contributed by atoms with Crippen molar-refractivity contribution in [2.75, 3.05) is 40.4 Å². The van der Waals surface area contributed by atoms with Crippen LogP contribution in [0.25, 0.3) is 0 Å². The van der Waals surface area contributed by atoms with Crippen molar-refractivity contribution in [1.29, 1.82) is 0 Å². The Balaban J connectivity index is 0. The van der Waals surface area contributed by atoms with Gasteiger partial charge in [-0.1, -0.05) is 259 Å². The molecule has 7 nitrogen and oxygen atoms in total. The first kappa shape index (κ1) is 69.6. The second-order valence-corrected chi connectivity index (χ2v) is 21.4. The van der Waals surface area contributed by atoms with Gasteiger partial charge in [-0.15, -0.1) is 0 Å². The normalized spacial score (nSPS) is 11.8. The van der Waals surface area contributed by atoms with Crippen LogP contribution in [0.3, 0.4) is 0 Å². The number of unbranched alkanes of at least 4 members (excludes halogenated alkanes) is 36. The van der Waals surface area contributed by atoms with Crippen LogP contribution in [0.5, 0.6) is 0 Å². The summed E-state index contributed by atoms with van der Waals surface area (Å²) in [5.74, 6) is 0.283. The summed E-state index contributed by atoms with van der Waals surface area (Å²) in [6.07, 6.45) is 58.6. The first-order chi connectivity index (χ1) is 33.8. The van der Waals surface area contributed by atoms with E-state index in [1.807, 2.05) is 0 Å². The van der Waals surface area contributed by atoms with Gasteiger partial charge in [0.15, 0.2) is 0 Å². The number of Topliss-reactive ketones (excluding diaryl/α,β-unsaturated/α-hetero) is 1. The number of rotatable bonds is 56. The molecule has 0 aromatic heterocycles. The molecule has 0 aliphatic heterocycles. The summed E-state index contributed by atoms with van der Waals surface area (Å²) < 4.78 is 10.8. The van der Waals surface area contributed by atoms with Gasteiger partial charge in [0, 0.05) is 44.8 Å². The number of esters is 2. The number of nitrogens with zero attached hydrogens (tertiary/aromatic N) is 1. The quantitative estimate of drug-likeness (QED) is 0.0480. The first-order valence-electron chi connectivity index (χ1n) is 31.0. The van der Waals surface area contributed by atoms with Crippen LogP contribution in [0.2, 0.25) is 0 Å². The Morgan fingerprint density at radius 2 is 0.609 bits per heavy atom. The maximum absolute atomic E-state index is 12.1. The van der Waals surface area contributed by atoms with E-state index in [1.54, 1.807) is 0 Å². The van der Waals surface area contributed by atoms with E-state index in [2.05, 4.69) is 52.0 Å². The van der Waals surface area contributed by atoms with E-state index in [0.29, 0.717) is 44.3 Å². The molecule has 0 spiro atoms. The lowest BCUT2D eigenvalue weighted by molar-refractivity contribution is -0.144. The minimum absolute atomic E-state index is 0.00673. The predicted molar refractivity (Wildman–Crippen MR) is 302 cm³/mol. The third kappa shape index (κ3) is 62.6. The summed E-state index contributed by atoms with van der Waals surface area (Å²) in [5, 5.41) is 3.78. The van der Waals surface area contributed by atoms with Gasteiger partial charge in [0.2, 0.25) is 0 Å².